The maximum atomic E-state index is 13.2. The first-order chi connectivity index (χ1) is 14.8. The van der Waals surface area contributed by atoms with Gasteiger partial charge in [0.15, 0.2) is 9.45 Å². The van der Waals surface area contributed by atoms with Crippen LogP contribution in [0.25, 0.3) is 6.08 Å². The Kier molecular flexibility index (Phi) is 6.19. The molecule has 0 aliphatic carbocycles. The van der Waals surface area contributed by atoms with Crippen LogP contribution in [0.15, 0.2) is 58.8 Å². The molecule has 2 heterocycles. The highest BCUT2D eigenvalue weighted by Gasteiger charge is 2.33. The van der Waals surface area contributed by atoms with Crippen LogP contribution in [0.1, 0.15) is 12.6 Å². The minimum atomic E-state index is -0.394. The molecule has 4 rings (SSSR count). The molecule has 0 bridgehead atoms. The number of nitrogens with zero attached hydrogens (tertiary/aromatic N) is 3. The summed E-state index contributed by atoms with van der Waals surface area (Å²) in [5.74, 6) is -0.922. The summed E-state index contributed by atoms with van der Waals surface area (Å²) >= 11 is 13.8. The van der Waals surface area contributed by atoms with E-state index in [1.54, 1.807) is 35.7 Å². The Labute approximate surface area is 196 Å². The third-order valence-corrected chi connectivity index (χ3v) is 6.62. The third-order valence-electron chi connectivity index (χ3n) is 4.24. The van der Waals surface area contributed by atoms with Crippen LogP contribution in [0.5, 0.6) is 0 Å². The molecule has 0 atom stereocenters. The number of aromatic nitrogens is 1. The van der Waals surface area contributed by atoms with Crippen molar-refractivity contribution in [2.45, 2.75) is 6.92 Å². The number of hydrogen-bond donors (Lipinski definition) is 0. The topological polar surface area (TPSA) is 53.5 Å². The number of rotatable bonds is 4. The SMILES string of the molecule is CC(=O)N(c1cccc(Cl)c1)c1nc(/C=C2\SC(=S)N(c3ccc(F)cc3)C2=O)cs1. The maximum absolute atomic E-state index is 13.2. The van der Waals surface area contributed by atoms with Crippen LogP contribution < -0.4 is 9.80 Å². The van der Waals surface area contributed by atoms with Crippen molar-refractivity contribution in [3.8, 4) is 0 Å². The normalized spacial score (nSPS) is 15.1. The number of benzene rings is 2. The van der Waals surface area contributed by atoms with Gasteiger partial charge in [0, 0.05) is 17.3 Å². The van der Waals surface area contributed by atoms with Gasteiger partial charge in [-0.25, -0.2) is 9.37 Å². The molecule has 0 N–H and O–H groups in total. The van der Waals surface area contributed by atoms with E-state index >= 15 is 0 Å². The molecule has 3 aromatic rings. The standard InChI is InChI=1S/C21H13ClFN3O2S3/c1-12(27)25(17-4-2-3-13(22)9-17)20-24-15(11-30-20)10-18-19(28)26(21(29)31-18)16-7-5-14(23)6-8-16/h2-11H,1H3/b18-10-. The van der Waals surface area contributed by atoms with Gasteiger partial charge in [-0.15, -0.1) is 11.3 Å². The molecule has 0 radical (unpaired) electrons. The highest BCUT2D eigenvalue weighted by Crippen LogP contribution is 2.37. The molecule has 5 nitrogen and oxygen atoms in total. The lowest BCUT2D eigenvalue weighted by molar-refractivity contribution is -0.116. The summed E-state index contributed by atoms with van der Waals surface area (Å²) in [6, 6.07) is 12.5. The zero-order chi connectivity index (χ0) is 22.1. The van der Waals surface area contributed by atoms with Crippen molar-refractivity contribution in [3.05, 3.63) is 75.3 Å². The molecular weight excluding hydrogens is 477 g/mol. The zero-order valence-corrected chi connectivity index (χ0v) is 19.1. The number of hydrogen-bond acceptors (Lipinski definition) is 6. The Morgan fingerprint density at radius 2 is 2.00 bits per heavy atom. The average Bonchev–Trinajstić information content (AvgIpc) is 3.27. The molecular formula is C21H13ClFN3O2S3. The minimum Gasteiger partial charge on any atom is -0.274 e. The fraction of sp³-hybridized carbons (Fsp3) is 0.0476. The van der Waals surface area contributed by atoms with E-state index in [9.17, 15) is 14.0 Å². The molecule has 10 heteroatoms. The third kappa shape index (κ3) is 4.54. The van der Waals surface area contributed by atoms with Gasteiger partial charge in [-0.3, -0.25) is 19.4 Å². The molecule has 1 saturated heterocycles. The first kappa shape index (κ1) is 21.6. The Balaban J connectivity index is 1.62. The van der Waals surface area contributed by atoms with Crippen molar-refractivity contribution in [1.82, 2.24) is 4.98 Å². The molecule has 2 aromatic carbocycles. The first-order valence-electron chi connectivity index (χ1n) is 8.89. The zero-order valence-electron chi connectivity index (χ0n) is 15.9. The Morgan fingerprint density at radius 3 is 2.68 bits per heavy atom. The van der Waals surface area contributed by atoms with Gasteiger partial charge in [0.2, 0.25) is 5.91 Å². The molecule has 156 valence electrons. The minimum absolute atomic E-state index is 0.217. The second-order valence-corrected chi connectivity index (χ2v) is 9.33. The molecule has 0 spiro atoms. The predicted molar refractivity (Wildman–Crippen MR) is 128 cm³/mol. The van der Waals surface area contributed by atoms with E-state index in [-0.39, 0.29) is 11.8 Å². The molecule has 1 aromatic heterocycles. The summed E-state index contributed by atoms with van der Waals surface area (Å²) in [4.78, 5) is 32.8. The summed E-state index contributed by atoms with van der Waals surface area (Å²) in [7, 11) is 0. The number of thiazole rings is 1. The van der Waals surface area contributed by atoms with Crippen LogP contribution in [0.4, 0.5) is 20.9 Å². The first-order valence-corrected chi connectivity index (χ1v) is 11.4. The molecule has 0 unspecified atom stereocenters. The second-order valence-electron chi connectivity index (χ2n) is 6.38. The smallest absolute Gasteiger partial charge is 0.270 e. The predicted octanol–water partition coefficient (Wildman–Crippen LogP) is 6.03. The number of carbonyl (C=O) groups excluding carboxylic acids is 2. The van der Waals surface area contributed by atoms with Gasteiger partial charge in [0.05, 0.1) is 22.0 Å². The average molecular weight is 490 g/mol. The van der Waals surface area contributed by atoms with Gasteiger partial charge in [0.1, 0.15) is 5.82 Å². The van der Waals surface area contributed by atoms with E-state index in [0.717, 1.165) is 11.8 Å². The van der Waals surface area contributed by atoms with E-state index in [0.29, 0.717) is 36.4 Å². The number of amides is 2. The molecule has 1 aliphatic heterocycles. The highest BCUT2D eigenvalue weighted by molar-refractivity contribution is 8.27. The summed E-state index contributed by atoms with van der Waals surface area (Å²) in [5, 5.41) is 2.71. The van der Waals surface area contributed by atoms with Crippen LogP contribution in [0, 0.1) is 5.82 Å². The monoisotopic (exact) mass is 489 g/mol. The van der Waals surface area contributed by atoms with Gasteiger partial charge in [0.25, 0.3) is 5.91 Å². The van der Waals surface area contributed by atoms with Gasteiger partial charge >= 0.3 is 0 Å². The molecule has 1 aliphatic rings. The Morgan fingerprint density at radius 1 is 1.26 bits per heavy atom. The van der Waals surface area contributed by atoms with Crippen LogP contribution in [0.3, 0.4) is 0 Å². The van der Waals surface area contributed by atoms with Crippen molar-refractivity contribution in [3.63, 3.8) is 0 Å². The molecule has 2 amide bonds. The number of halogens is 2. The van der Waals surface area contributed by atoms with E-state index in [1.807, 2.05) is 0 Å². The van der Waals surface area contributed by atoms with Crippen LogP contribution >= 0.6 is 46.9 Å². The summed E-state index contributed by atoms with van der Waals surface area (Å²) in [6.45, 7) is 1.44. The Bertz CT molecular complexity index is 1230. The lowest BCUT2D eigenvalue weighted by atomic mass is 10.3. The largest absolute Gasteiger partial charge is 0.274 e. The maximum Gasteiger partial charge on any atom is 0.270 e. The van der Waals surface area contributed by atoms with Gasteiger partial charge in [-0.05, 0) is 48.5 Å². The Hall–Kier alpha value is -2.59. The van der Waals surface area contributed by atoms with Crippen LogP contribution in [-0.4, -0.2) is 21.1 Å². The van der Waals surface area contributed by atoms with E-state index < -0.39 is 5.82 Å². The van der Waals surface area contributed by atoms with Crippen LogP contribution in [0.2, 0.25) is 5.02 Å². The summed E-state index contributed by atoms with van der Waals surface area (Å²) in [6.07, 6.45) is 1.62. The highest BCUT2D eigenvalue weighted by atomic mass is 35.5. The molecule has 31 heavy (non-hydrogen) atoms. The van der Waals surface area contributed by atoms with E-state index in [4.69, 9.17) is 23.8 Å². The quantitative estimate of drug-likeness (QED) is 0.331. The number of anilines is 3. The lowest BCUT2D eigenvalue weighted by Crippen LogP contribution is -2.27. The number of thioether (sulfide) groups is 1. The number of carbonyl (C=O) groups is 2. The van der Waals surface area contributed by atoms with Crippen molar-refractivity contribution in [1.29, 1.82) is 0 Å². The van der Waals surface area contributed by atoms with Gasteiger partial charge in [-0.2, -0.15) is 0 Å². The van der Waals surface area contributed by atoms with Crippen molar-refractivity contribution in [2.24, 2.45) is 0 Å². The fourth-order valence-corrected chi connectivity index (χ4v) is 5.21. The molecule has 0 saturated carbocycles. The van der Waals surface area contributed by atoms with Crippen molar-refractivity contribution >= 4 is 85.6 Å². The van der Waals surface area contributed by atoms with Gasteiger partial charge in [-0.1, -0.05) is 41.6 Å². The van der Waals surface area contributed by atoms with Crippen LogP contribution in [-0.2, 0) is 9.59 Å². The molecule has 1 fully saturated rings. The van der Waals surface area contributed by atoms with E-state index in [2.05, 4.69) is 4.98 Å². The fourth-order valence-electron chi connectivity index (χ4n) is 2.90. The van der Waals surface area contributed by atoms with Crippen molar-refractivity contribution < 1.29 is 14.0 Å². The van der Waals surface area contributed by atoms with E-state index in [1.165, 1.54) is 52.3 Å². The lowest BCUT2D eigenvalue weighted by Gasteiger charge is -2.18. The number of thiocarbonyl (C=S) groups is 1. The van der Waals surface area contributed by atoms with Gasteiger partial charge < -0.3 is 0 Å². The summed E-state index contributed by atoms with van der Waals surface area (Å²) < 4.78 is 13.6. The van der Waals surface area contributed by atoms with Crippen molar-refractivity contribution in [2.75, 3.05) is 9.80 Å². The second kappa shape index (κ2) is 8.88. The summed E-state index contributed by atoms with van der Waals surface area (Å²) in [5.41, 5.74) is 1.62.